The highest BCUT2D eigenvalue weighted by Crippen LogP contribution is 2.30. The molecular weight excluding hydrogens is 280 g/mol. The Balaban J connectivity index is 4.71. The van der Waals surface area contributed by atoms with E-state index in [1.54, 1.807) is 0 Å². The smallest absolute Gasteiger partial charge is 0.303 e. The van der Waals surface area contributed by atoms with Crippen LogP contribution in [0.2, 0.25) is 0 Å². The molecule has 0 rings (SSSR count). The highest BCUT2D eigenvalue weighted by molar-refractivity contribution is 5.67. The second-order valence-corrected chi connectivity index (χ2v) is 6.76. The van der Waals surface area contributed by atoms with Crippen LogP contribution in [0, 0.1) is 11.3 Å². The normalized spacial score (nSPS) is 19.6. The Hall–Kier alpha value is -0.730. The standard InChI is InChI=1S/C14H28O7/c1-14(2,3)6-8(5-11(18)19)4-9(16)12(20)13(21)10(17)7-15/h8-10,12-13,15-17,20-21H,4-7H2,1-3H3,(H,18,19)/t8?,9-,10+,12+,13+/m1/s1. The van der Waals surface area contributed by atoms with Crippen LogP contribution in [-0.4, -0.2) is 67.6 Å². The van der Waals surface area contributed by atoms with E-state index in [1.807, 2.05) is 20.8 Å². The molecule has 0 aromatic rings. The second kappa shape index (κ2) is 8.65. The van der Waals surface area contributed by atoms with Crippen molar-refractivity contribution in [3.8, 4) is 0 Å². The van der Waals surface area contributed by atoms with Gasteiger partial charge in [0.1, 0.15) is 18.3 Å². The maximum absolute atomic E-state index is 10.9. The van der Waals surface area contributed by atoms with Crippen molar-refractivity contribution in [2.45, 2.75) is 64.4 Å². The van der Waals surface area contributed by atoms with E-state index in [9.17, 15) is 25.2 Å². The minimum Gasteiger partial charge on any atom is -0.481 e. The first-order valence-electron chi connectivity index (χ1n) is 7.03. The Morgan fingerprint density at radius 1 is 1.00 bits per heavy atom. The summed E-state index contributed by atoms with van der Waals surface area (Å²) in [6.07, 6.45) is -5.92. The van der Waals surface area contributed by atoms with Crippen molar-refractivity contribution in [3.63, 3.8) is 0 Å². The summed E-state index contributed by atoms with van der Waals surface area (Å²) >= 11 is 0. The summed E-state index contributed by atoms with van der Waals surface area (Å²) in [4.78, 5) is 10.9. The first kappa shape index (κ1) is 20.3. The fourth-order valence-corrected chi connectivity index (χ4v) is 2.40. The molecule has 0 saturated heterocycles. The highest BCUT2D eigenvalue weighted by Gasteiger charge is 2.32. The van der Waals surface area contributed by atoms with Gasteiger partial charge in [-0.15, -0.1) is 0 Å². The average molecular weight is 308 g/mol. The predicted octanol–water partition coefficient (Wildman–Crippen LogP) is -0.661. The molecule has 7 nitrogen and oxygen atoms in total. The molecule has 0 heterocycles. The van der Waals surface area contributed by atoms with Crippen LogP contribution in [-0.2, 0) is 4.79 Å². The summed E-state index contributed by atoms with van der Waals surface area (Å²) in [5, 5.41) is 56.1. The predicted molar refractivity (Wildman–Crippen MR) is 75.5 cm³/mol. The van der Waals surface area contributed by atoms with Gasteiger partial charge in [0, 0.05) is 6.42 Å². The third kappa shape index (κ3) is 8.33. The first-order chi connectivity index (χ1) is 9.47. The lowest BCUT2D eigenvalue weighted by atomic mass is 9.80. The van der Waals surface area contributed by atoms with Crippen molar-refractivity contribution in [1.29, 1.82) is 0 Å². The molecule has 7 heteroatoms. The van der Waals surface area contributed by atoms with Gasteiger partial charge in [-0.2, -0.15) is 0 Å². The molecule has 0 aliphatic carbocycles. The minimum absolute atomic E-state index is 0.0139. The lowest BCUT2D eigenvalue weighted by Gasteiger charge is -2.30. The van der Waals surface area contributed by atoms with Crippen molar-refractivity contribution in [1.82, 2.24) is 0 Å². The minimum atomic E-state index is -1.69. The van der Waals surface area contributed by atoms with Gasteiger partial charge in [-0.1, -0.05) is 20.8 Å². The monoisotopic (exact) mass is 308 g/mol. The van der Waals surface area contributed by atoms with Gasteiger partial charge in [0.05, 0.1) is 12.7 Å². The molecule has 0 radical (unpaired) electrons. The van der Waals surface area contributed by atoms with Crippen molar-refractivity contribution in [2.24, 2.45) is 11.3 Å². The van der Waals surface area contributed by atoms with E-state index in [4.69, 9.17) is 10.2 Å². The zero-order valence-electron chi connectivity index (χ0n) is 12.8. The largest absolute Gasteiger partial charge is 0.481 e. The van der Waals surface area contributed by atoms with Gasteiger partial charge in [0.25, 0.3) is 0 Å². The van der Waals surface area contributed by atoms with Crippen LogP contribution < -0.4 is 0 Å². The van der Waals surface area contributed by atoms with Gasteiger partial charge >= 0.3 is 5.97 Å². The molecule has 0 bridgehead atoms. The lowest BCUT2D eigenvalue weighted by Crippen LogP contribution is -2.46. The molecule has 21 heavy (non-hydrogen) atoms. The van der Waals surface area contributed by atoms with Crippen LogP contribution in [0.25, 0.3) is 0 Å². The third-order valence-corrected chi connectivity index (χ3v) is 3.26. The summed E-state index contributed by atoms with van der Waals surface area (Å²) in [6, 6.07) is 0. The number of hydrogen-bond donors (Lipinski definition) is 6. The number of aliphatic carboxylic acids is 1. The quantitative estimate of drug-likeness (QED) is 0.332. The van der Waals surface area contributed by atoms with Gasteiger partial charge in [-0.05, 0) is 24.2 Å². The molecule has 0 amide bonds. The number of rotatable bonds is 9. The first-order valence-corrected chi connectivity index (χ1v) is 7.03. The summed E-state index contributed by atoms with van der Waals surface area (Å²) in [7, 11) is 0. The van der Waals surface area contributed by atoms with Crippen molar-refractivity contribution in [2.75, 3.05) is 6.61 Å². The molecule has 0 fully saturated rings. The molecule has 1 unspecified atom stereocenters. The van der Waals surface area contributed by atoms with Crippen molar-refractivity contribution in [3.05, 3.63) is 0 Å². The average Bonchev–Trinajstić information content (AvgIpc) is 2.32. The molecular formula is C14H28O7. The van der Waals surface area contributed by atoms with Crippen molar-refractivity contribution < 1.29 is 35.4 Å². The number of hydrogen-bond acceptors (Lipinski definition) is 6. The Morgan fingerprint density at radius 2 is 1.48 bits per heavy atom. The van der Waals surface area contributed by atoms with Crippen LogP contribution in [0.5, 0.6) is 0 Å². The molecule has 5 atom stereocenters. The van der Waals surface area contributed by atoms with Gasteiger partial charge in [0.15, 0.2) is 0 Å². The molecule has 0 aromatic carbocycles. The van der Waals surface area contributed by atoms with E-state index in [1.165, 1.54) is 0 Å². The van der Waals surface area contributed by atoms with Gasteiger partial charge in [-0.3, -0.25) is 4.79 Å². The summed E-state index contributed by atoms with van der Waals surface area (Å²) in [5.74, 6) is -1.37. The molecule has 0 aliphatic heterocycles. The number of carbonyl (C=O) groups is 1. The van der Waals surface area contributed by atoms with Crippen LogP contribution in [0.15, 0.2) is 0 Å². The van der Waals surface area contributed by atoms with Crippen LogP contribution in [0.3, 0.4) is 0 Å². The number of carboxylic acids is 1. The lowest BCUT2D eigenvalue weighted by molar-refractivity contribution is -0.139. The van der Waals surface area contributed by atoms with E-state index in [0.29, 0.717) is 6.42 Å². The fraction of sp³-hybridized carbons (Fsp3) is 0.929. The second-order valence-electron chi connectivity index (χ2n) is 6.76. The molecule has 0 saturated carbocycles. The van der Waals surface area contributed by atoms with Gasteiger partial charge < -0.3 is 30.6 Å². The Bertz CT molecular complexity index is 313. The Labute approximate surface area is 124 Å². The van der Waals surface area contributed by atoms with Crippen molar-refractivity contribution >= 4 is 5.97 Å². The zero-order valence-corrected chi connectivity index (χ0v) is 12.8. The van der Waals surface area contributed by atoms with Crippen LogP contribution in [0.1, 0.15) is 40.0 Å². The Morgan fingerprint density at radius 3 is 1.86 bits per heavy atom. The van der Waals surface area contributed by atoms with E-state index < -0.39 is 37.0 Å². The molecule has 0 aromatic heterocycles. The van der Waals surface area contributed by atoms with E-state index >= 15 is 0 Å². The third-order valence-electron chi connectivity index (χ3n) is 3.26. The number of carboxylic acid groups (broad SMARTS) is 1. The fourth-order valence-electron chi connectivity index (χ4n) is 2.40. The highest BCUT2D eigenvalue weighted by atomic mass is 16.4. The van der Waals surface area contributed by atoms with Crippen LogP contribution in [0.4, 0.5) is 0 Å². The number of aliphatic hydroxyl groups excluding tert-OH is 5. The van der Waals surface area contributed by atoms with Gasteiger partial charge in [0.2, 0.25) is 0 Å². The van der Waals surface area contributed by atoms with Gasteiger partial charge in [-0.25, -0.2) is 0 Å². The number of aliphatic hydroxyl groups is 5. The maximum atomic E-state index is 10.9. The van der Waals surface area contributed by atoms with E-state index in [2.05, 4.69) is 0 Å². The summed E-state index contributed by atoms with van der Waals surface area (Å²) < 4.78 is 0. The van der Waals surface area contributed by atoms with E-state index in [0.717, 1.165) is 0 Å². The molecule has 6 N–H and O–H groups in total. The van der Waals surface area contributed by atoms with Crippen LogP contribution >= 0.6 is 0 Å². The maximum Gasteiger partial charge on any atom is 0.303 e. The van der Waals surface area contributed by atoms with E-state index in [-0.39, 0.29) is 24.2 Å². The summed E-state index contributed by atoms with van der Waals surface area (Å²) in [6.45, 7) is 5.07. The zero-order chi connectivity index (χ0) is 16.8. The topological polar surface area (TPSA) is 138 Å². The molecule has 0 spiro atoms. The molecule has 126 valence electrons. The SMILES string of the molecule is CC(C)(C)CC(CC(=O)O)C[C@@H](O)[C@H](O)[C@@H](O)[C@@H](O)CO. The summed E-state index contributed by atoms with van der Waals surface area (Å²) in [5.41, 5.74) is -0.145. The molecule has 0 aliphatic rings. The Kier molecular flexibility index (Phi) is 8.35.